The molecule has 1 atom stereocenters. The first-order chi connectivity index (χ1) is 5.08. The van der Waals surface area contributed by atoms with E-state index in [4.69, 9.17) is 9.31 Å². The average molecular weight is 178 g/mol. The third-order valence-corrected chi connectivity index (χ3v) is 2.09. The Bertz CT molecular complexity index is 116. The zero-order valence-corrected chi connectivity index (χ0v) is 8.12. The highest BCUT2D eigenvalue weighted by atomic mass is 28.4. The topological polar surface area (TPSA) is 36.9 Å². The lowest BCUT2D eigenvalue weighted by Gasteiger charge is -2.26. The molecule has 1 saturated heterocycles. The van der Waals surface area contributed by atoms with E-state index in [1.54, 1.807) is 0 Å². The molecule has 0 aromatic rings. The van der Waals surface area contributed by atoms with E-state index in [2.05, 4.69) is 29.6 Å². The van der Waals surface area contributed by atoms with Gasteiger partial charge in [0, 0.05) is 6.42 Å². The third-order valence-electron chi connectivity index (χ3n) is 1.12. The van der Waals surface area contributed by atoms with Crippen LogP contribution in [-0.4, -0.2) is 21.2 Å². The highest BCUT2D eigenvalue weighted by Gasteiger charge is 2.24. The summed E-state index contributed by atoms with van der Waals surface area (Å²) in [5, 5.41) is 4.33. The molecule has 0 aromatic heterocycles. The van der Waals surface area contributed by atoms with Crippen molar-refractivity contribution in [2.45, 2.75) is 32.4 Å². The van der Waals surface area contributed by atoms with Crippen molar-refractivity contribution in [3.05, 3.63) is 0 Å². The minimum atomic E-state index is -1.51. The van der Waals surface area contributed by atoms with Gasteiger partial charge in [0.05, 0.1) is 6.61 Å². The summed E-state index contributed by atoms with van der Waals surface area (Å²) in [6.45, 7) is 6.85. The zero-order chi connectivity index (χ0) is 8.32. The fraction of sp³-hybridized carbons (Fsp3) is 1.00. The molecule has 1 aliphatic heterocycles. The van der Waals surface area contributed by atoms with Crippen molar-refractivity contribution < 1.29 is 19.2 Å². The Morgan fingerprint density at radius 3 is 2.55 bits per heavy atom. The van der Waals surface area contributed by atoms with Crippen LogP contribution >= 0.6 is 0 Å². The quantitative estimate of drug-likeness (QED) is 0.473. The molecule has 0 amide bonds. The van der Waals surface area contributed by atoms with E-state index in [-0.39, 0.29) is 6.29 Å². The van der Waals surface area contributed by atoms with E-state index in [1.165, 1.54) is 0 Å². The van der Waals surface area contributed by atoms with Gasteiger partial charge in [0.15, 0.2) is 14.6 Å². The van der Waals surface area contributed by atoms with E-state index in [1.807, 2.05) is 0 Å². The number of hydrogen-bond acceptors (Lipinski definition) is 4. The molecule has 0 bridgehead atoms. The van der Waals surface area contributed by atoms with Crippen molar-refractivity contribution in [3.63, 3.8) is 0 Å². The van der Waals surface area contributed by atoms with Crippen molar-refractivity contribution >= 4 is 8.32 Å². The SMILES string of the molecule is C[Si](C)(C)OC1CCOOO1. The van der Waals surface area contributed by atoms with Crippen LogP contribution < -0.4 is 0 Å². The van der Waals surface area contributed by atoms with Crippen molar-refractivity contribution in [3.8, 4) is 0 Å². The molecular formula is C6H14O4Si. The van der Waals surface area contributed by atoms with Crippen LogP contribution in [0.3, 0.4) is 0 Å². The van der Waals surface area contributed by atoms with Crippen LogP contribution in [0.2, 0.25) is 19.6 Å². The van der Waals surface area contributed by atoms with Gasteiger partial charge in [0.1, 0.15) is 0 Å². The van der Waals surface area contributed by atoms with E-state index in [9.17, 15) is 0 Å². The summed E-state index contributed by atoms with van der Waals surface area (Å²) in [7, 11) is -1.51. The Kier molecular flexibility index (Phi) is 3.03. The minimum Gasteiger partial charge on any atom is -0.391 e. The molecule has 66 valence electrons. The summed E-state index contributed by atoms with van der Waals surface area (Å²) in [6.07, 6.45) is 0.500. The normalized spacial score (nSPS) is 27.0. The maximum absolute atomic E-state index is 5.59. The fourth-order valence-electron chi connectivity index (χ4n) is 0.771. The van der Waals surface area contributed by atoms with Gasteiger partial charge in [0.2, 0.25) is 0 Å². The van der Waals surface area contributed by atoms with E-state index >= 15 is 0 Å². The highest BCUT2D eigenvalue weighted by molar-refractivity contribution is 6.69. The lowest BCUT2D eigenvalue weighted by atomic mass is 10.4. The van der Waals surface area contributed by atoms with E-state index < -0.39 is 8.32 Å². The van der Waals surface area contributed by atoms with Gasteiger partial charge in [-0.1, -0.05) is 5.04 Å². The van der Waals surface area contributed by atoms with Gasteiger partial charge in [-0.3, -0.25) is 0 Å². The third kappa shape index (κ3) is 3.83. The largest absolute Gasteiger partial charge is 0.391 e. The molecule has 1 heterocycles. The lowest BCUT2D eigenvalue weighted by molar-refractivity contribution is -0.566. The molecule has 1 rings (SSSR count). The first-order valence-corrected chi connectivity index (χ1v) is 7.11. The van der Waals surface area contributed by atoms with Crippen LogP contribution in [0.1, 0.15) is 6.42 Å². The Morgan fingerprint density at radius 1 is 1.36 bits per heavy atom. The smallest absolute Gasteiger partial charge is 0.187 e. The molecule has 0 aliphatic carbocycles. The van der Waals surface area contributed by atoms with Gasteiger partial charge >= 0.3 is 0 Å². The molecule has 0 aromatic carbocycles. The molecular weight excluding hydrogens is 164 g/mol. The van der Waals surface area contributed by atoms with Gasteiger partial charge in [-0.15, -0.1) is 0 Å². The van der Waals surface area contributed by atoms with Gasteiger partial charge < -0.3 is 4.43 Å². The van der Waals surface area contributed by atoms with Gasteiger partial charge in [-0.05, 0) is 19.6 Å². The van der Waals surface area contributed by atoms with Crippen molar-refractivity contribution in [1.82, 2.24) is 0 Å². The fourth-order valence-corrected chi connectivity index (χ4v) is 1.72. The summed E-state index contributed by atoms with van der Waals surface area (Å²) < 4.78 is 5.59. The highest BCUT2D eigenvalue weighted by Crippen LogP contribution is 2.14. The first-order valence-electron chi connectivity index (χ1n) is 3.71. The Labute approximate surface area is 67.4 Å². The van der Waals surface area contributed by atoms with Crippen molar-refractivity contribution in [2.24, 2.45) is 0 Å². The molecule has 0 radical (unpaired) electrons. The molecule has 0 saturated carbocycles. The summed E-state index contributed by atoms with van der Waals surface area (Å²) >= 11 is 0. The van der Waals surface area contributed by atoms with Gasteiger partial charge in [0.25, 0.3) is 0 Å². The molecule has 1 fully saturated rings. The first kappa shape index (κ1) is 9.15. The monoisotopic (exact) mass is 178 g/mol. The maximum atomic E-state index is 5.59. The van der Waals surface area contributed by atoms with E-state index in [0.717, 1.165) is 6.42 Å². The van der Waals surface area contributed by atoms with Crippen LogP contribution in [0.5, 0.6) is 0 Å². The average Bonchev–Trinajstić information content (AvgIpc) is 1.85. The number of rotatable bonds is 2. The molecule has 1 unspecified atom stereocenters. The summed E-state index contributed by atoms with van der Waals surface area (Å²) in [6, 6.07) is 0. The summed E-state index contributed by atoms with van der Waals surface area (Å²) in [4.78, 5) is 9.27. The lowest BCUT2D eigenvalue weighted by Crippen LogP contribution is -2.36. The predicted octanol–water partition coefficient (Wildman–Crippen LogP) is 1.45. The summed E-state index contributed by atoms with van der Waals surface area (Å²) in [5.41, 5.74) is 0. The van der Waals surface area contributed by atoms with Crippen LogP contribution in [0.25, 0.3) is 0 Å². The van der Waals surface area contributed by atoms with Crippen molar-refractivity contribution in [1.29, 1.82) is 0 Å². The maximum Gasteiger partial charge on any atom is 0.187 e. The molecule has 1 aliphatic rings. The second kappa shape index (κ2) is 3.64. The van der Waals surface area contributed by atoms with Crippen molar-refractivity contribution in [2.75, 3.05) is 6.61 Å². The molecule has 0 spiro atoms. The van der Waals surface area contributed by atoms with Crippen LogP contribution in [0.15, 0.2) is 0 Å². The molecule has 11 heavy (non-hydrogen) atoms. The van der Waals surface area contributed by atoms with E-state index in [0.29, 0.717) is 6.61 Å². The molecule has 0 N–H and O–H groups in total. The second-order valence-electron chi connectivity index (χ2n) is 3.43. The Hall–Kier alpha value is 0.0569. The molecule has 4 nitrogen and oxygen atoms in total. The van der Waals surface area contributed by atoms with Gasteiger partial charge in [-0.2, -0.15) is 4.89 Å². The Balaban J connectivity index is 2.24. The molecule has 5 heteroatoms. The standard InChI is InChI=1S/C6H14O4Si/c1-11(2,3)9-6-4-5-7-10-8-6/h6H,4-5H2,1-3H3. The zero-order valence-electron chi connectivity index (χ0n) is 7.12. The van der Waals surface area contributed by atoms with Crippen LogP contribution in [0.4, 0.5) is 0 Å². The van der Waals surface area contributed by atoms with Gasteiger partial charge in [-0.25, -0.2) is 4.89 Å². The number of hydrogen-bond donors (Lipinski definition) is 0. The summed E-state index contributed by atoms with van der Waals surface area (Å²) in [5.74, 6) is 0. The van der Waals surface area contributed by atoms with Crippen LogP contribution in [-0.2, 0) is 19.2 Å². The minimum absolute atomic E-state index is 0.240. The Morgan fingerprint density at radius 2 is 2.09 bits per heavy atom. The van der Waals surface area contributed by atoms with Crippen LogP contribution in [0, 0.1) is 0 Å². The second-order valence-corrected chi connectivity index (χ2v) is 7.90. The predicted molar refractivity (Wildman–Crippen MR) is 41.0 cm³/mol.